The summed E-state index contributed by atoms with van der Waals surface area (Å²) in [6, 6.07) is 5.92. The zero-order valence-electron chi connectivity index (χ0n) is 12.8. The van der Waals surface area contributed by atoms with Crippen LogP contribution in [-0.2, 0) is 4.74 Å². The van der Waals surface area contributed by atoms with Crippen LogP contribution < -0.4 is 0 Å². The standard InChI is InChI=1S/C16H23BrN2O2/c1-13-4-5-15(17)14(12-13)16(20)19-7-3-6-18(8-9-19)10-11-21-2/h4-5,12H,3,6-11H2,1-2H3. The normalized spacial score (nSPS) is 16.8. The molecule has 2 rings (SSSR count). The lowest BCUT2D eigenvalue weighted by atomic mass is 10.1. The molecular weight excluding hydrogens is 332 g/mol. The average Bonchev–Trinajstić information content (AvgIpc) is 2.72. The van der Waals surface area contributed by atoms with Crippen LogP contribution in [0.3, 0.4) is 0 Å². The highest BCUT2D eigenvalue weighted by Gasteiger charge is 2.21. The lowest BCUT2D eigenvalue weighted by molar-refractivity contribution is 0.0758. The zero-order valence-corrected chi connectivity index (χ0v) is 14.4. The number of carbonyl (C=O) groups is 1. The third-order valence-electron chi connectivity index (χ3n) is 3.84. The van der Waals surface area contributed by atoms with Crippen LogP contribution in [0.1, 0.15) is 22.3 Å². The minimum atomic E-state index is 0.124. The van der Waals surface area contributed by atoms with Gasteiger partial charge < -0.3 is 9.64 Å². The molecule has 0 aromatic heterocycles. The molecule has 21 heavy (non-hydrogen) atoms. The third-order valence-corrected chi connectivity index (χ3v) is 4.53. The van der Waals surface area contributed by atoms with E-state index in [9.17, 15) is 4.79 Å². The molecule has 0 N–H and O–H groups in total. The van der Waals surface area contributed by atoms with Crippen molar-refractivity contribution in [2.24, 2.45) is 0 Å². The molecule has 0 atom stereocenters. The highest BCUT2D eigenvalue weighted by atomic mass is 79.9. The van der Waals surface area contributed by atoms with Crippen LogP contribution in [0.5, 0.6) is 0 Å². The van der Waals surface area contributed by atoms with Crippen molar-refractivity contribution in [1.29, 1.82) is 0 Å². The first-order valence-electron chi connectivity index (χ1n) is 7.38. The predicted octanol–water partition coefficient (Wildman–Crippen LogP) is 2.55. The Labute approximate surface area is 135 Å². The Balaban J connectivity index is 2.01. The second-order valence-corrected chi connectivity index (χ2v) is 6.32. The monoisotopic (exact) mass is 354 g/mol. The Hall–Kier alpha value is -0.910. The number of carbonyl (C=O) groups excluding carboxylic acids is 1. The summed E-state index contributed by atoms with van der Waals surface area (Å²) in [7, 11) is 1.73. The quantitative estimate of drug-likeness (QED) is 0.832. The molecule has 0 unspecified atom stereocenters. The van der Waals surface area contributed by atoms with Gasteiger partial charge in [-0.1, -0.05) is 11.6 Å². The number of methoxy groups -OCH3 is 1. The maximum absolute atomic E-state index is 12.7. The smallest absolute Gasteiger partial charge is 0.255 e. The summed E-state index contributed by atoms with van der Waals surface area (Å²) in [5.41, 5.74) is 1.87. The number of benzene rings is 1. The number of halogens is 1. The van der Waals surface area contributed by atoms with E-state index in [0.29, 0.717) is 0 Å². The van der Waals surface area contributed by atoms with Gasteiger partial charge in [-0.3, -0.25) is 9.69 Å². The summed E-state index contributed by atoms with van der Waals surface area (Å²) in [5, 5.41) is 0. The van der Waals surface area contributed by atoms with Crippen molar-refractivity contribution in [3.8, 4) is 0 Å². The van der Waals surface area contributed by atoms with E-state index >= 15 is 0 Å². The van der Waals surface area contributed by atoms with Crippen LogP contribution in [0.15, 0.2) is 22.7 Å². The largest absolute Gasteiger partial charge is 0.383 e. The molecule has 0 bridgehead atoms. The maximum atomic E-state index is 12.7. The van der Waals surface area contributed by atoms with Crippen molar-refractivity contribution in [3.05, 3.63) is 33.8 Å². The predicted molar refractivity (Wildman–Crippen MR) is 87.7 cm³/mol. The van der Waals surface area contributed by atoms with Gasteiger partial charge in [0.2, 0.25) is 0 Å². The molecule has 1 fully saturated rings. The lowest BCUT2D eigenvalue weighted by Gasteiger charge is -2.22. The average molecular weight is 355 g/mol. The van der Waals surface area contributed by atoms with Gasteiger partial charge in [-0.15, -0.1) is 0 Å². The van der Waals surface area contributed by atoms with E-state index in [2.05, 4.69) is 20.8 Å². The van der Waals surface area contributed by atoms with Gasteiger partial charge in [0, 0.05) is 37.8 Å². The Morgan fingerprint density at radius 3 is 2.86 bits per heavy atom. The van der Waals surface area contributed by atoms with Gasteiger partial charge in [-0.05, 0) is 48.0 Å². The fourth-order valence-electron chi connectivity index (χ4n) is 2.59. The van der Waals surface area contributed by atoms with E-state index in [4.69, 9.17) is 4.74 Å². The van der Waals surface area contributed by atoms with Crippen molar-refractivity contribution < 1.29 is 9.53 Å². The molecule has 1 saturated heterocycles. The van der Waals surface area contributed by atoms with Gasteiger partial charge in [-0.25, -0.2) is 0 Å². The number of ether oxygens (including phenoxy) is 1. The molecule has 0 radical (unpaired) electrons. The zero-order chi connectivity index (χ0) is 15.2. The van der Waals surface area contributed by atoms with E-state index in [1.165, 1.54) is 0 Å². The van der Waals surface area contributed by atoms with Crippen molar-refractivity contribution >= 4 is 21.8 Å². The molecule has 1 aliphatic heterocycles. The van der Waals surface area contributed by atoms with Gasteiger partial charge in [0.25, 0.3) is 5.91 Å². The fourth-order valence-corrected chi connectivity index (χ4v) is 3.01. The van der Waals surface area contributed by atoms with E-state index in [1.54, 1.807) is 7.11 Å². The van der Waals surface area contributed by atoms with Crippen molar-refractivity contribution in [2.45, 2.75) is 13.3 Å². The number of rotatable bonds is 4. The summed E-state index contributed by atoms with van der Waals surface area (Å²) >= 11 is 3.49. The highest BCUT2D eigenvalue weighted by Crippen LogP contribution is 2.20. The molecule has 0 spiro atoms. The Bertz CT molecular complexity index is 493. The second kappa shape index (κ2) is 7.92. The highest BCUT2D eigenvalue weighted by molar-refractivity contribution is 9.10. The Kier molecular flexibility index (Phi) is 6.21. The summed E-state index contributed by atoms with van der Waals surface area (Å²) in [4.78, 5) is 17.0. The van der Waals surface area contributed by atoms with E-state index in [1.807, 2.05) is 30.0 Å². The molecule has 116 valence electrons. The lowest BCUT2D eigenvalue weighted by Crippen LogP contribution is -2.36. The number of hydrogen-bond donors (Lipinski definition) is 0. The SMILES string of the molecule is COCCN1CCCN(C(=O)c2cc(C)ccc2Br)CC1. The van der Waals surface area contributed by atoms with E-state index < -0.39 is 0 Å². The van der Waals surface area contributed by atoms with E-state index in [0.717, 1.165) is 61.4 Å². The van der Waals surface area contributed by atoms with Crippen molar-refractivity contribution in [3.63, 3.8) is 0 Å². The summed E-state index contributed by atoms with van der Waals surface area (Å²) < 4.78 is 6.00. The van der Waals surface area contributed by atoms with Gasteiger partial charge in [0.1, 0.15) is 0 Å². The first-order chi connectivity index (χ1) is 10.1. The molecule has 4 nitrogen and oxygen atoms in total. The molecule has 0 saturated carbocycles. The number of amides is 1. The maximum Gasteiger partial charge on any atom is 0.255 e. The van der Waals surface area contributed by atoms with Crippen molar-refractivity contribution in [2.75, 3.05) is 46.4 Å². The third kappa shape index (κ3) is 4.53. The summed E-state index contributed by atoms with van der Waals surface area (Å²) in [6.07, 6.45) is 1.01. The number of hydrogen-bond acceptors (Lipinski definition) is 3. The molecule has 1 amide bonds. The van der Waals surface area contributed by atoms with Crippen LogP contribution in [0.2, 0.25) is 0 Å². The Morgan fingerprint density at radius 1 is 1.29 bits per heavy atom. The molecule has 0 aliphatic carbocycles. The first kappa shape index (κ1) is 16.5. The summed E-state index contributed by atoms with van der Waals surface area (Å²) in [5.74, 6) is 0.124. The van der Waals surface area contributed by atoms with Crippen LogP contribution >= 0.6 is 15.9 Å². The van der Waals surface area contributed by atoms with Gasteiger partial charge in [0.15, 0.2) is 0 Å². The van der Waals surface area contributed by atoms with Gasteiger partial charge >= 0.3 is 0 Å². The van der Waals surface area contributed by atoms with Crippen LogP contribution in [0, 0.1) is 6.92 Å². The molecular formula is C16H23BrN2O2. The molecule has 1 aromatic carbocycles. The number of nitrogens with zero attached hydrogens (tertiary/aromatic N) is 2. The molecule has 1 aromatic rings. The minimum Gasteiger partial charge on any atom is -0.383 e. The van der Waals surface area contributed by atoms with E-state index in [-0.39, 0.29) is 5.91 Å². The fraction of sp³-hybridized carbons (Fsp3) is 0.562. The van der Waals surface area contributed by atoms with Crippen LogP contribution in [0.25, 0.3) is 0 Å². The molecule has 5 heteroatoms. The number of aryl methyl sites for hydroxylation is 1. The Morgan fingerprint density at radius 2 is 2.10 bits per heavy atom. The van der Waals surface area contributed by atoms with Gasteiger partial charge in [-0.2, -0.15) is 0 Å². The molecule has 1 heterocycles. The first-order valence-corrected chi connectivity index (χ1v) is 8.18. The minimum absolute atomic E-state index is 0.124. The molecule has 1 aliphatic rings. The van der Waals surface area contributed by atoms with Gasteiger partial charge in [0.05, 0.1) is 12.2 Å². The summed E-state index contributed by atoms with van der Waals surface area (Å²) in [6.45, 7) is 7.24. The second-order valence-electron chi connectivity index (χ2n) is 5.46. The topological polar surface area (TPSA) is 32.8 Å². The van der Waals surface area contributed by atoms with Crippen LogP contribution in [0.4, 0.5) is 0 Å². The van der Waals surface area contributed by atoms with Crippen LogP contribution in [-0.4, -0.2) is 62.1 Å². The van der Waals surface area contributed by atoms with Crippen molar-refractivity contribution in [1.82, 2.24) is 9.80 Å².